The van der Waals surface area contributed by atoms with Crippen LogP contribution < -0.4 is 0 Å². The van der Waals surface area contributed by atoms with Crippen LogP contribution in [0.15, 0.2) is 69.9 Å². The van der Waals surface area contributed by atoms with Gasteiger partial charge in [-0.25, -0.2) is 0 Å². The van der Waals surface area contributed by atoms with E-state index in [4.69, 9.17) is 17.7 Å². The van der Waals surface area contributed by atoms with Gasteiger partial charge in [0.05, 0.1) is 5.60 Å². The first kappa shape index (κ1) is 92.4. The van der Waals surface area contributed by atoms with E-state index in [-0.39, 0.29) is 10.6 Å². The van der Waals surface area contributed by atoms with Crippen molar-refractivity contribution in [3.8, 4) is 0 Å². The Balaban J connectivity index is 0.000000177. The van der Waals surface area contributed by atoms with Gasteiger partial charge in [0.15, 0.2) is 33.3 Å². The largest absolute Gasteiger partial charge is 0.414 e. The van der Waals surface area contributed by atoms with Gasteiger partial charge in [0.1, 0.15) is 0 Å². The monoisotopic (exact) mass is 1600 g/mol. The van der Waals surface area contributed by atoms with Crippen molar-refractivity contribution in [2.45, 2.75) is 464 Å². The van der Waals surface area contributed by atoms with Gasteiger partial charge in [0, 0.05) is 18.3 Å². The van der Waals surface area contributed by atoms with E-state index in [0.717, 1.165) is 83.4 Å². The van der Waals surface area contributed by atoms with E-state index < -0.39 is 33.3 Å². The average Bonchev–Trinajstić information content (AvgIpc) is 1.69. The zero-order valence-electron chi connectivity index (χ0n) is 80.0. The molecule has 12 aliphatic carbocycles. The summed E-state index contributed by atoms with van der Waals surface area (Å²) >= 11 is 0. The van der Waals surface area contributed by atoms with Crippen LogP contribution in [-0.4, -0.2) is 57.2 Å². The van der Waals surface area contributed by atoms with Gasteiger partial charge in [-0.1, -0.05) is 274 Å². The summed E-state index contributed by atoms with van der Waals surface area (Å²) in [5.74, 6) is 10.9. The van der Waals surface area contributed by atoms with Crippen LogP contribution in [0.5, 0.6) is 0 Å². The number of allylic oxidation sites excluding steroid dienone is 9. The molecular formula is C103H184O4Si4. The van der Waals surface area contributed by atoms with Crippen LogP contribution in [0, 0.1) is 115 Å². The Bertz CT molecular complexity index is 3370. The zero-order valence-corrected chi connectivity index (χ0v) is 84.0. The molecule has 0 aliphatic heterocycles. The van der Waals surface area contributed by atoms with Crippen molar-refractivity contribution in [1.82, 2.24) is 0 Å². The second-order valence-electron chi connectivity index (χ2n) is 50.6. The summed E-state index contributed by atoms with van der Waals surface area (Å²) in [5.41, 5.74) is 13.8. The number of rotatable bonds is 22. The van der Waals surface area contributed by atoms with Gasteiger partial charge in [0.2, 0.25) is 0 Å². The summed E-state index contributed by atoms with van der Waals surface area (Å²) in [5, 5.41) is 0.864. The first-order valence-corrected chi connectivity index (χ1v) is 60.0. The van der Waals surface area contributed by atoms with E-state index in [1.54, 1.807) is 16.7 Å². The maximum Gasteiger partial charge on any atom is 0.192 e. The summed E-state index contributed by atoms with van der Waals surface area (Å²) in [7, 11) is -6.67. The average molecular weight is 1600 g/mol. The molecule has 111 heavy (non-hydrogen) atoms. The minimum atomic E-state index is -1.73. The fourth-order valence-electron chi connectivity index (χ4n) is 27.1. The van der Waals surface area contributed by atoms with E-state index in [1.807, 2.05) is 16.7 Å². The van der Waals surface area contributed by atoms with E-state index in [1.165, 1.54) is 186 Å². The first-order chi connectivity index (χ1) is 50.9. The lowest BCUT2D eigenvalue weighted by atomic mass is 9.50. The fourth-order valence-corrected chi connectivity index (χ4v) is 33.0. The summed E-state index contributed by atoms with van der Waals surface area (Å²) in [6, 6.07) is 0. The Morgan fingerprint density at radius 2 is 0.631 bits per heavy atom. The van der Waals surface area contributed by atoms with Gasteiger partial charge in [0.25, 0.3) is 0 Å². The van der Waals surface area contributed by atoms with Crippen molar-refractivity contribution in [3.63, 3.8) is 0 Å². The number of hydrogen-bond donors (Lipinski definition) is 0. The van der Waals surface area contributed by atoms with Gasteiger partial charge in [-0.05, 0) is 350 Å². The third-order valence-corrected chi connectivity index (χ3v) is 51.5. The molecule has 12 rings (SSSR count). The molecule has 0 radical (unpaired) electrons. The van der Waals surface area contributed by atoms with Crippen molar-refractivity contribution in [1.29, 1.82) is 0 Å². The molecule has 0 aromatic heterocycles. The van der Waals surface area contributed by atoms with Gasteiger partial charge < -0.3 is 17.7 Å². The molecule has 3 unspecified atom stereocenters. The van der Waals surface area contributed by atoms with Gasteiger partial charge >= 0.3 is 0 Å². The summed E-state index contributed by atoms with van der Waals surface area (Å²) in [6.45, 7) is 83.2. The van der Waals surface area contributed by atoms with Crippen LogP contribution in [0.25, 0.3) is 0 Å². The molecule has 12 aliphatic rings. The molecule has 0 heterocycles. The third-order valence-electron chi connectivity index (χ3n) is 36.7. The molecule has 21 atom stereocenters. The fraction of sp³-hybridized carbons (Fsp3) is 0.883. The Morgan fingerprint density at radius 3 is 0.901 bits per heavy atom. The van der Waals surface area contributed by atoms with E-state index >= 15 is 0 Å². The van der Waals surface area contributed by atoms with Crippen molar-refractivity contribution < 1.29 is 17.7 Å². The highest BCUT2D eigenvalue weighted by atomic mass is 28.4. The van der Waals surface area contributed by atoms with Crippen LogP contribution in [0.4, 0.5) is 0 Å². The molecule has 0 N–H and O–H groups in total. The quantitative estimate of drug-likeness (QED) is 0.101. The molecule has 0 bridgehead atoms. The van der Waals surface area contributed by atoms with Crippen molar-refractivity contribution in [2.75, 3.05) is 0 Å². The summed E-state index contributed by atoms with van der Waals surface area (Å²) < 4.78 is 27.3. The lowest BCUT2D eigenvalue weighted by molar-refractivity contribution is 0.0325. The highest BCUT2D eigenvalue weighted by molar-refractivity contribution is 6.75. The molecule has 9 fully saturated rings. The van der Waals surface area contributed by atoms with E-state index in [2.05, 4.69) is 268 Å². The molecule has 0 aromatic rings. The van der Waals surface area contributed by atoms with Crippen molar-refractivity contribution >= 4 is 33.3 Å². The molecule has 4 nitrogen and oxygen atoms in total. The number of fused-ring (bicyclic) bond motifs is 15. The van der Waals surface area contributed by atoms with E-state index in [9.17, 15) is 0 Å². The van der Waals surface area contributed by atoms with Crippen LogP contribution in [-0.2, 0) is 17.7 Å². The molecule has 0 saturated heterocycles. The molecule has 0 aromatic carbocycles. The zero-order chi connectivity index (χ0) is 82.5. The molecule has 0 spiro atoms. The smallest absolute Gasteiger partial charge is 0.192 e. The first-order valence-electron chi connectivity index (χ1n) is 47.8. The lowest BCUT2D eigenvalue weighted by Crippen LogP contribution is -2.49. The minimum Gasteiger partial charge on any atom is -0.414 e. The van der Waals surface area contributed by atoms with Crippen LogP contribution in [0.2, 0.25) is 74.0 Å². The van der Waals surface area contributed by atoms with Crippen molar-refractivity contribution in [3.05, 3.63) is 69.9 Å². The molecule has 8 heteroatoms. The SMILES string of the molecule is CC(C)CCC[C@H](C)[C@H]1CC[C@H]2C3=CC=C4CC(O[Si](C)(C)C(C)(C)C)CC[C@]4(C)[C@H]3CC[C@]12C.C[C@@H](CCCC(C)(C)C)[C@H]1CC[C@H]2C3=CC=C4CC(O[Si](C)(C)C(C)(C)C)CC[C@]4(C)[C@H]3CC[C@]12C.C[C@@H](CCCC(C)(C)O[Si](C)(C)C)[C@H]1CC[C@H]2C3=CC=C4CC(O[Si](C)(C)C(C)(C)C)CC[C@]4(C)[C@H]3CC[C@]12C. The molecule has 9 saturated carbocycles. The molecule has 636 valence electrons. The normalized spacial score (nSPS) is 37.3. The second kappa shape index (κ2) is 33.5. The minimum absolute atomic E-state index is 0.0193. The van der Waals surface area contributed by atoms with E-state index in [0.29, 0.717) is 66.3 Å². The van der Waals surface area contributed by atoms with Gasteiger partial charge in [-0.3, -0.25) is 0 Å². The maximum absolute atomic E-state index is 6.95. The predicted molar refractivity (Wildman–Crippen MR) is 494 cm³/mol. The van der Waals surface area contributed by atoms with Crippen LogP contribution in [0.3, 0.4) is 0 Å². The maximum atomic E-state index is 6.95. The lowest BCUT2D eigenvalue weighted by Gasteiger charge is -2.56. The summed E-state index contributed by atoms with van der Waals surface area (Å²) in [4.78, 5) is 0. The topological polar surface area (TPSA) is 36.9 Å². The van der Waals surface area contributed by atoms with Crippen LogP contribution in [0.1, 0.15) is 366 Å². The van der Waals surface area contributed by atoms with Crippen molar-refractivity contribution in [2.24, 2.45) is 115 Å². The predicted octanol–water partition coefficient (Wildman–Crippen LogP) is 32.4. The third kappa shape index (κ3) is 19.6. The summed E-state index contributed by atoms with van der Waals surface area (Å²) in [6.07, 6.45) is 57.5. The molecule has 0 amide bonds. The van der Waals surface area contributed by atoms with Gasteiger partial charge in [-0.15, -0.1) is 0 Å². The van der Waals surface area contributed by atoms with Crippen LogP contribution >= 0.6 is 0 Å². The number of hydrogen-bond acceptors (Lipinski definition) is 4. The Hall–Kier alpha value is -0.852. The molecular weight excluding hydrogens is 1410 g/mol. The second-order valence-corrected chi connectivity index (χ2v) is 69.3. The Morgan fingerprint density at radius 1 is 0.342 bits per heavy atom. The highest BCUT2D eigenvalue weighted by Crippen LogP contribution is 2.71. The highest BCUT2D eigenvalue weighted by Gasteiger charge is 2.62. The Kier molecular flexibility index (Phi) is 27.9. The Labute approximate surface area is 694 Å². The van der Waals surface area contributed by atoms with Gasteiger partial charge in [-0.2, -0.15) is 0 Å². The standard InChI is InChI=1S/C36H66O2Si2.C34H60OSi.C33H58OSi/c1-26(15-14-22-34(5,6)38-39(9,10)11)30-18-19-31-29-17-16-27-25-28(37-40(12,13)33(2,3)4)20-23-35(27,7)32(29)21-24-36(30,31)8;1-24(13-12-20-31(2,3)4)28-16-17-29-27-15-14-25-23-26(35-36(10,11)32(5,6)7)18-21-33(25,8)30(27)19-22-34(28,29)9;1-23(2)12-11-13-24(3)28-16-17-29-27-15-14-25-22-26(34-35(9,10)31(4,5)6)18-20-32(25,7)30(27)19-21-33(28,29)8/h16-17,26,28,30-32H,14-15,18-25H2,1-13H3;14-15,24,26,28-30H,12-13,16-23H2,1-11H3;14-15,23-24,26,28-30H,11-13,16-22H2,1-10H3/t26-,28?,30+,31-,32-,35-,36+;24-,26?,28+,29-,30-,33-,34+;24-,26?,28+,29-,30-,32-,33+/m000/s1.